The summed E-state index contributed by atoms with van der Waals surface area (Å²) in [6, 6.07) is 5.28. The Morgan fingerprint density at radius 1 is 1.29 bits per heavy atom. The van der Waals surface area contributed by atoms with E-state index in [-0.39, 0.29) is 21.8 Å². The highest BCUT2D eigenvalue weighted by molar-refractivity contribution is 7.94. The molecule has 4 nitrogen and oxygen atoms in total. The molecule has 1 rings (SSSR count). The summed E-state index contributed by atoms with van der Waals surface area (Å²) in [5.74, 6) is 0. The number of halogens is 3. The van der Waals surface area contributed by atoms with Crippen LogP contribution in [0.25, 0.3) is 0 Å². The molecule has 0 radical (unpaired) electrons. The molecule has 0 aliphatic heterocycles. The molecule has 0 heterocycles. The summed E-state index contributed by atoms with van der Waals surface area (Å²) in [6.07, 6.45) is -3.91. The molecular formula is C8H7F3O4S2. The average molecular weight is 288 g/mol. The molecule has 17 heavy (non-hydrogen) atoms. The molecule has 9 heteroatoms. The van der Waals surface area contributed by atoms with Crippen LogP contribution in [0.4, 0.5) is 13.2 Å². The Hall–Kier alpha value is -0.770. The van der Waals surface area contributed by atoms with Crippen molar-refractivity contribution >= 4 is 21.9 Å². The van der Waals surface area contributed by atoms with E-state index in [1.54, 1.807) is 0 Å². The third-order valence-electron chi connectivity index (χ3n) is 1.49. The number of alkyl halides is 3. The maximum absolute atomic E-state index is 11.6. The van der Waals surface area contributed by atoms with Crippen LogP contribution in [0.3, 0.4) is 0 Å². The van der Waals surface area contributed by atoms with Gasteiger partial charge in [0, 0.05) is 11.2 Å². The number of rotatable bonds is 4. The predicted molar refractivity (Wildman–Crippen MR) is 53.6 cm³/mol. The number of benzene rings is 1. The zero-order chi connectivity index (χ0) is 13.1. The largest absolute Gasteiger partial charge is 0.550 e. The Bertz CT molecular complexity index is 484. The summed E-state index contributed by atoms with van der Waals surface area (Å²) in [5, 5.41) is 0. The van der Waals surface area contributed by atoms with Crippen molar-refractivity contribution in [3.05, 3.63) is 24.3 Å². The van der Waals surface area contributed by atoms with Crippen molar-refractivity contribution in [1.29, 1.82) is 0 Å². The van der Waals surface area contributed by atoms with Gasteiger partial charge in [-0.3, -0.25) is 0 Å². The molecule has 0 saturated heterocycles. The van der Waals surface area contributed by atoms with Crippen molar-refractivity contribution in [1.82, 2.24) is 0 Å². The molecule has 1 aromatic carbocycles. The Kier molecular flexibility index (Phi) is 4.42. The van der Waals surface area contributed by atoms with Gasteiger partial charge in [0.15, 0.2) is 9.84 Å². The van der Waals surface area contributed by atoms with Crippen molar-refractivity contribution in [3.8, 4) is 0 Å². The van der Waals surface area contributed by atoms with E-state index >= 15 is 0 Å². The van der Waals surface area contributed by atoms with Crippen molar-refractivity contribution in [2.24, 2.45) is 0 Å². The SMILES string of the molecule is CS(=O)(=O)c1cccc(SOOC(F)(F)F)c1. The second-order valence-electron chi connectivity index (χ2n) is 2.93. The fourth-order valence-corrected chi connectivity index (χ4v) is 2.09. The van der Waals surface area contributed by atoms with Crippen LogP contribution < -0.4 is 0 Å². The van der Waals surface area contributed by atoms with E-state index in [9.17, 15) is 21.6 Å². The van der Waals surface area contributed by atoms with Gasteiger partial charge in [-0.25, -0.2) is 8.42 Å². The average Bonchev–Trinajstić information content (AvgIpc) is 2.15. The molecule has 96 valence electrons. The smallest absolute Gasteiger partial charge is 0.224 e. The van der Waals surface area contributed by atoms with Gasteiger partial charge in [-0.2, -0.15) is 4.33 Å². The van der Waals surface area contributed by atoms with E-state index < -0.39 is 16.2 Å². The molecule has 0 aliphatic rings. The number of hydrogen-bond acceptors (Lipinski definition) is 5. The Morgan fingerprint density at radius 3 is 2.47 bits per heavy atom. The lowest BCUT2D eigenvalue weighted by atomic mass is 10.4. The summed E-state index contributed by atoms with van der Waals surface area (Å²) in [4.78, 5) is 3.23. The molecule has 0 N–H and O–H groups in total. The van der Waals surface area contributed by atoms with E-state index in [0.29, 0.717) is 0 Å². The highest BCUT2D eigenvalue weighted by Crippen LogP contribution is 2.26. The predicted octanol–water partition coefficient (Wildman–Crippen LogP) is 2.57. The monoisotopic (exact) mass is 288 g/mol. The normalized spacial score (nSPS) is 12.7. The molecule has 0 atom stereocenters. The summed E-state index contributed by atoms with van der Waals surface area (Å²) in [5.41, 5.74) is 0. The lowest BCUT2D eigenvalue weighted by molar-refractivity contribution is -0.440. The molecule has 0 amide bonds. The molecule has 0 bridgehead atoms. The molecule has 0 saturated carbocycles. The van der Waals surface area contributed by atoms with Crippen LogP contribution in [-0.4, -0.2) is 21.0 Å². The van der Waals surface area contributed by atoms with Crippen LogP contribution in [0.1, 0.15) is 0 Å². The Balaban J connectivity index is 2.68. The summed E-state index contributed by atoms with van der Waals surface area (Å²) in [6.45, 7) is 0. The molecule has 0 aromatic heterocycles. The maximum Gasteiger partial charge on any atom is 0.550 e. The molecule has 0 fully saturated rings. The first kappa shape index (κ1) is 14.3. The maximum atomic E-state index is 11.6. The number of hydrogen-bond donors (Lipinski definition) is 0. The molecule has 0 aliphatic carbocycles. The van der Waals surface area contributed by atoms with Crippen LogP contribution in [0.5, 0.6) is 0 Å². The topological polar surface area (TPSA) is 52.6 Å². The van der Waals surface area contributed by atoms with E-state index in [4.69, 9.17) is 0 Å². The third kappa shape index (κ3) is 5.39. The minimum Gasteiger partial charge on any atom is -0.224 e. The van der Waals surface area contributed by atoms with Gasteiger partial charge in [0.1, 0.15) is 0 Å². The molecule has 0 unspecified atom stereocenters. The van der Waals surface area contributed by atoms with Gasteiger partial charge in [0.25, 0.3) is 0 Å². The van der Waals surface area contributed by atoms with Crippen molar-refractivity contribution in [2.45, 2.75) is 16.2 Å². The Labute approximate surface area is 99.8 Å². The lowest BCUT2D eigenvalue weighted by Crippen LogP contribution is -2.11. The van der Waals surface area contributed by atoms with E-state index in [2.05, 4.69) is 9.22 Å². The van der Waals surface area contributed by atoms with Crippen LogP contribution >= 0.6 is 12.0 Å². The summed E-state index contributed by atoms with van der Waals surface area (Å²) in [7, 11) is -3.41. The fourth-order valence-electron chi connectivity index (χ4n) is 0.852. The first-order valence-corrected chi connectivity index (χ1v) is 6.71. The highest BCUT2D eigenvalue weighted by Gasteiger charge is 2.31. The second kappa shape index (κ2) is 5.25. The first-order chi connectivity index (χ1) is 7.68. The van der Waals surface area contributed by atoms with Crippen molar-refractivity contribution in [3.63, 3.8) is 0 Å². The van der Waals surface area contributed by atoms with Gasteiger partial charge < -0.3 is 0 Å². The third-order valence-corrected chi connectivity index (χ3v) is 3.19. The number of sulfone groups is 1. The Morgan fingerprint density at radius 2 is 1.94 bits per heavy atom. The summed E-state index contributed by atoms with van der Waals surface area (Å²) < 4.78 is 60.9. The van der Waals surface area contributed by atoms with E-state index in [1.807, 2.05) is 0 Å². The fraction of sp³-hybridized carbons (Fsp3) is 0.250. The van der Waals surface area contributed by atoms with Crippen molar-refractivity contribution < 1.29 is 30.8 Å². The van der Waals surface area contributed by atoms with Gasteiger partial charge in [-0.15, -0.1) is 18.1 Å². The summed E-state index contributed by atoms with van der Waals surface area (Å²) >= 11 is 0.271. The minimum atomic E-state index is -4.90. The van der Waals surface area contributed by atoms with Gasteiger partial charge in [-0.05, 0) is 18.2 Å². The standard InChI is InChI=1S/C8H7F3O4S2/c1-17(12,13)7-4-2-3-6(5-7)16-15-14-8(9,10)11/h2-5H,1H3. The first-order valence-electron chi connectivity index (χ1n) is 4.08. The zero-order valence-corrected chi connectivity index (χ0v) is 10.0. The van der Waals surface area contributed by atoms with Crippen molar-refractivity contribution in [2.75, 3.05) is 6.26 Å². The molecule has 0 spiro atoms. The van der Waals surface area contributed by atoms with Crippen LogP contribution in [0, 0.1) is 0 Å². The second-order valence-corrected chi connectivity index (χ2v) is 5.72. The van der Waals surface area contributed by atoms with E-state index in [1.165, 1.54) is 24.3 Å². The van der Waals surface area contributed by atoms with Gasteiger partial charge >= 0.3 is 6.36 Å². The van der Waals surface area contributed by atoms with Crippen LogP contribution in [-0.2, 0) is 19.1 Å². The lowest BCUT2D eigenvalue weighted by Gasteiger charge is -2.05. The molecular weight excluding hydrogens is 281 g/mol. The minimum absolute atomic E-state index is 0.0156. The molecule has 1 aromatic rings. The van der Waals surface area contributed by atoms with Gasteiger partial charge in [0.05, 0.1) is 16.9 Å². The van der Waals surface area contributed by atoms with E-state index in [0.717, 1.165) is 6.26 Å². The van der Waals surface area contributed by atoms with Crippen LogP contribution in [0.2, 0.25) is 0 Å². The zero-order valence-electron chi connectivity index (χ0n) is 8.39. The van der Waals surface area contributed by atoms with Gasteiger partial charge in [-0.1, -0.05) is 6.07 Å². The van der Waals surface area contributed by atoms with Gasteiger partial charge in [0.2, 0.25) is 0 Å². The van der Waals surface area contributed by atoms with Crippen LogP contribution in [0.15, 0.2) is 34.1 Å². The highest BCUT2D eigenvalue weighted by atomic mass is 32.2. The quantitative estimate of drug-likeness (QED) is 0.484.